The first-order valence-electron chi connectivity index (χ1n) is 7.17. The molecule has 0 amide bonds. The van der Waals surface area contributed by atoms with Gasteiger partial charge in [-0.15, -0.1) is 6.58 Å². The fourth-order valence-corrected chi connectivity index (χ4v) is 2.56. The van der Waals surface area contributed by atoms with E-state index in [4.69, 9.17) is 4.99 Å². The molecule has 1 unspecified atom stereocenters. The number of aliphatic imine (C=N–C) groups is 1. The number of aryl methyl sites for hydroxylation is 1. The Hall–Kier alpha value is -1.89. The maximum atomic E-state index is 4.88. The molecule has 1 aromatic carbocycles. The molecule has 0 saturated carbocycles. The van der Waals surface area contributed by atoms with Crippen LogP contribution in [0.2, 0.25) is 0 Å². The number of benzene rings is 1. The van der Waals surface area contributed by atoms with Crippen molar-refractivity contribution in [2.24, 2.45) is 4.99 Å². The van der Waals surface area contributed by atoms with Gasteiger partial charge in [-0.3, -0.25) is 4.99 Å². The second kappa shape index (κ2) is 6.04. The molecule has 20 heavy (non-hydrogen) atoms. The molecule has 0 aliphatic carbocycles. The molecule has 1 heterocycles. The van der Waals surface area contributed by atoms with Crippen LogP contribution in [0.3, 0.4) is 0 Å². The van der Waals surface area contributed by atoms with E-state index in [-0.39, 0.29) is 5.54 Å². The minimum atomic E-state index is -0.0462. The van der Waals surface area contributed by atoms with Gasteiger partial charge in [-0.2, -0.15) is 0 Å². The molecular formula is C19H23N. The summed E-state index contributed by atoms with van der Waals surface area (Å²) in [5, 5.41) is 0. The van der Waals surface area contributed by atoms with Crippen LogP contribution in [-0.4, -0.2) is 11.3 Å². The van der Waals surface area contributed by atoms with Gasteiger partial charge in [-0.1, -0.05) is 43.0 Å². The fourth-order valence-electron chi connectivity index (χ4n) is 2.56. The van der Waals surface area contributed by atoms with Gasteiger partial charge in [-0.25, -0.2) is 0 Å². The van der Waals surface area contributed by atoms with Gasteiger partial charge in [0.15, 0.2) is 0 Å². The Balaban J connectivity index is 2.04. The molecule has 1 aliphatic heterocycles. The highest BCUT2D eigenvalue weighted by Crippen LogP contribution is 2.32. The molecule has 2 rings (SSSR count). The van der Waals surface area contributed by atoms with Crippen molar-refractivity contribution in [2.45, 2.75) is 38.6 Å². The van der Waals surface area contributed by atoms with Crippen molar-refractivity contribution in [1.29, 1.82) is 0 Å². The number of hydrogen-bond donors (Lipinski definition) is 0. The summed E-state index contributed by atoms with van der Waals surface area (Å²) in [5.41, 5.74) is 4.99. The highest BCUT2D eigenvalue weighted by atomic mass is 14.9. The van der Waals surface area contributed by atoms with E-state index in [1.54, 1.807) is 0 Å². The van der Waals surface area contributed by atoms with E-state index in [0.29, 0.717) is 0 Å². The Bertz CT molecular complexity index is 560. The summed E-state index contributed by atoms with van der Waals surface area (Å²) >= 11 is 0. The summed E-state index contributed by atoms with van der Waals surface area (Å²) in [6.07, 6.45) is 8.96. The zero-order chi connectivity index (χ0) is 14.6. The average Bonchev–Trinajstić information content (AvgIpc) is 2.73. The largest absolute Gasteiger partial charge is 0.279 e. The summed E-state index contributed by atoms with van der Waals surface area (Å²) in [5.74, 6) is 0. The lowest BCUT2D eigenvalue weighted by molar-refractivity contribution is 0.516. The van der Waals surface area contributed by atoms with Crippen molar-refractivity contribution in [3.8, 4) is 0 Å². The van der Waals surface area contributed by atoms with Crippen LogP contribution in [0.15, 0.2) is 60.1 Å². The monoisotopic (exact) mass is 265 g/mol. The van der Waals surface area contributed by atoms with Crippen LogP contribution < -0.4 is 0 Å². The predicted octanol–water partition coefficient (Wildman–Crippen LogP) is 5.00. The van der Waals surface area contributed by atoms with Crippen molar-refractivity contribution in [2.75, 3.05) is 0 Å². The van der Waals surface area contributed by atoms with Gasteiger partial charge in [0.1, 0.15) is 0 Å². The lowest BCUT2D eigenvalue weighted by Crippen LogP contribution is -2.22. The quantitative estimate of drug-likeness (QED) is 0.642. The van der Waals surface area contributed by atoms with Crippen LogP contribution in [0.1, 0.15) is 37.8 Å². The average molecular weight is 265 g/mol. The van der Waals surface area contributed by atoms with Crippen LogP contribution in [0, 0.1) is 0 Å². The first-order chi connectivity index (χ1) is 9.57. The lowest BCUT2D eigenvalue weighted by atomic mass is 9.88. The molecule has 0 spiro atoms. The highest BCUT2D eigenvalue weighted by molar-refractivity contribution is 5.99. The van der Waals surface area contributed by atoms with E-state index >= 15 is 0 Å². The maximum Gasteiger partial charge on any atom is 0.0796 e. The molecule has 0 saturated heterocycles. The Labute approximate surface area is 122 Å². The molecule has 104 valence electrons. The molecule has 0 aromatic heterocycles. The van der Waals surface area contributed by atoms with Crippen molar-refractivity contribution in [1.82, 2.24) is 0 Å². The van der Waals surface area contributed by atoms with Gasteiger partial charge in [-0.05, 0) is 49.5 Å². The topological polar surface area (TPSA) is 12.4 Å². The van der Waals surface area contributed by atoms with Gasteiger partial charge in [0.2, 0.25) is 0 Å². The Morgan fingerprint density at radius 1 is 1.20 bits per heavy atom. The van der Waals surface area contributed by atoms with Crippen LogP contribution in [0.4, 0.5) is 0 Å². The minimum Gasteiger partial charge on any atom is -0.279 e. The lowest BCUT2D eigenvalue weighted by Gasteiger charge is -2.23. The minimum absolute atomic E-state index is 0.0462. The van der Waals surface area contributed by atoms with Crippen LogP contribution in [0.25, 0.3) is 6.08 Å². The molecule has 1 heteroatoms. The molecule has 0 bridgehead atoms. The smallest absolute Gasteiger partial charge is 0.0796 e. The number of nitrogens with zero attached hydrogens (tertiary/aromatic N) is 1. The molecule has 0 radical (unpaired) electrons. The van der Waals surface area contributed by atoms with E-state index in [1.807, 2.05) is 12.2 Å². The molecular weight excluding hydrogens is 242 g/mol. The van der Waals surface area contributed by atoms with Crippen LogP contribution in [0.5, 0.6) is 0 Å². The molecule has 1 aliphatic rings. The van der Waals surface area contributed by atoms with Crippen molar-refractivity contribution < 1.29 is 0 Å². The van der Waals surface area contributed by atoms with Gasteiger partial charge in [0, 0.05) is 12.1 Å². The van der Waals surface area contributed by atoms with Crippen molar-refractivity contribution >= 4 is 11.8 Å². The highest BCUT2D eigenvalue weighted by Gasteiger charge is 2.29. The molecule has 0 fully saturated rings. The Kier molecular flexibility index (Phi) is 4.39. The summed E-state index contributed by atoms with van der Waals surface area (Å²) in [6, 6.07) is 8.61. The third-order valence-corrected chi connectivity index (χ3v) is 4.09. The van der Waals surface area contributed by atoms with E-state index < -0.39 is 0 Å². The summed E-state index contributed by atoms with van der Waals surface area (Å²) in [6.45, 7) is 12.0. The van der Waals surface area contributed by atoms with E-state index in [1.165, 1.54) is 16.7 Å². The molecule has 1 atom stereocenters. The predicted molar refractivity (Wildman–Crippen MR) is 89.3 cm³/mol. The van der Waals surface area contributed by atoms with Crippen molar-refractivity contribution in [3.05, 3.63) is 66.3 Å². The van der Waals surface area contributed by atoms with Gasteiger partial charge >= 0.3 is 0 Å². The van der Waals surface area contributed by atoms with Crippen LogP contribution >= 0.6 is 0 Å². The number of allylic oxidation sites excluding steroid dienone is 2. The maximum absolute atomic E-state index is 4.88. The van der Waals surface area contributed by atoms with Crippen LogP contribution in [-0.2, 0) is 6.42 Å². The van der Waals surface area contributed by atoms with E-state index in [2.05, 4.69) is 57.3 Å². The number of hydrogen-bond acceptors (Lipinski definition) is 1. The molecule has 1 nitrogen and oxygen atoms in total. The molecule has 0 N–H and O–H groups in total. The summed E-state index contributed by atoms with van der Waals surface area (Å²) < 4.78 is 0. The van der Waals surface area contributed by atoms with Gasteiger partial charge < -0.3 is 0 Å². The van der Waals surface area contributed by atoms with Gasteiger partial charge in [0.25, 0.3) is 0 Å². The SMILES string of the molecule is C=CCC1=NC(C)(CCc2ccc(C=C)cc2)C(C)=C1. The fraction of sp³-hybridized carbons (Fsp3) is 0.316. The zero-order valence-electron chi connectivity index (χ0n) is 12.5. The normalized spacial score (nSPS) is 21.3. The first kappa shape index (κ1) is 14.5. The Morgan fingerprint density at radius 2 is 1.90 bits per heavy atom. The van der Waals surface area contributed by atoms with Crippen molar-refractivity contribution in [3.63, 3.8) is 0 Å². The summed E-state index contributed by atoms with van der Waals surface area (Å²) in [7, 11) is 0. The first-order valence-corrected chi connectivity index (χ1v) is 7.17. The van der Waals surface area contributed by atoms with E-state index in [9.17, 15) is 0 Å². The number of rotatable bonds is 6. The molecule has 1 aromatic rings. The second-order valence-corrected chi connectivity index (χ2v) is 5.64. The summed E-state index contributed by atoms with van der Waals surface area (Å²) in [4.78, 5) is 4.88. The third kappa shape index (κ3) is 3.16. The zero-order valence-corrected chi connectivity index (χ0v) is 12.5. The third-order valence-electron chi connectivity index (χ3n) is 4.09. The standard InChI is InChI=1S/C19H23N/c1-5-7-18-14-15(3)19(4,20-18)13-12-17-10-8-16(6-2)9-11-17/h5-6,8-11,14H,1-2,7,12-13H2,3-4H3. The Morgan fingerprint density at radius 3 is 2.50 bits per heavy atom. The second-order valence-electron chi connectivity index (χ2n) is 5.64. The van der Waals surface area contributed by atoms with Gasteiger partial charge in [0.05, 0.1) is 5.54 Å². The van der Waals surface area contributed by atoms with E-state index in [0.717, 1.165) is 25.0 Å².